The molecule has 1 saturated heterocycles. The summed E-state index contributed by atoms with van der Waals surface area (Å²) in [6.45, 7) is 6.64. The highest BCUT2D eigenvalue weighted by Crippen LogP contribution is 2.45. The van der Waals surface area contributed by atoms with Gasteiger partial charge in [0.05, 0.1) is 36.3 Å². The molecule has 0 spiro atoms. The zero-order valence-electron chi connectivity index (χ0n) is 22.0. The first-order valence-electron chi connectivity index (χ1n) is 13.4. The first kappa shape index (κ1) is 24.4. The predicted octanol–water partition coefficient (Wildman–Crippen LogP) is 5.38. The van der Waals surface area contributed by atoms with E-state index in [9.17, 15) is 8.78 Å². The molecule has 11 heteroatoms. The van der Waals surface area contributed by atoms with Gasteiger partial charge in [-0.05, 0) is 51.7 Å². The Kier molecular flexibility index (Phi) is 5.45. The highest BCUT2D eigenvalue weighted by atomic mass is 19.3. The molecule has 0 bridgehead atoms. The fourth-order valence-electron chi connectivity index (χ4n) is 5.59. The average Bonchev–Trinajstić information content (AvgIpc) is 3.54. The molecule has 2 fully saturated rings. The van der Waals surface area contributed by atoms with E-state index in [2.05, 4.69) is 15.1 Å². The lowest BCUT2D eigenvalue weighted by atomic mass is 10.0. The molecule has 3 aliphatic rings. The van der Waals surface area contributed by atoms with Gasteiger partial charge in [0.15, 0.2) is 5.65 Å². The number of aromatic nitrogens is 6. The molecule has 2 atom stereocenters. The number of hydrogen-bond donors (Lipinski definition) is 0. The van der Waals surface area contributed by atoms with Gasteiger partial charge in [-0.15, -0.1) is 0 Å². The number of anilines is 1. The SMILES string of the molecule is Cc1nc2nc(N3C[C@@H](c4cnn(C5CC5)c4)O[C@@H](C)C3)nc(-c3ccc4c(c3F)CCC4(F)F)c2nc1C. The van der Waals surface area contributed by atoms with E-state index in [0.29, 0.717) is 47.6 Å². The topological polar surface area (TPSA) is 81.9 Å². The molecule has 202 valence electrons. The van der Waals surface area contributed by atoms with Gasteiger partial charge in [0.1, 0.15) is 23.1 Å². The molecule has 2 aliphatic carbocycles. The number of nitrogens with zero attached hydrogens (tertiary/aromatic N) is 7. The van der Waals surface area contributed by atoms with E-state index < -0.39 is 18.2 Å². The Labute approximate surface area is 223 Å². The van der Waals surface area contributed by atoms with Gasteiger partial charge in [-0.3, -0.25) is 4.68 Å². The molecule has 39 heavy (non-hydrogen) atoms. The molecule has 7 rings (SSSR count). The van der Waals surface area contributed by atoms with Crippen LogP contribution >= 0.6 is 0 Å². The van der Waals surface area contributed by atoms with Crippen molar-refractivity contribution < 1.29 is 17.9 Å². The van der Waals surface area contributed by atoms with Gasteiger partial charge in [-0.2, -0.15) is 10.1 Å². The second-order valence-electron chi connectivity index (χ2n) is 10.9. The molecule has 3 aromatic heterocycles. The molecule has 0 amide bonds. The maximum atomic E-state index is 15.8. The van der Waals surface area contributed by atoms with Crippen LogP contribution in [-0.4, -0.2) is 48.9 Å². The van der Waals surface area contributed by atoms with Crippen molar-refractivity contribution in [1.82, 2.24) is 29.7 Å². The van der Waals surface area contributed by atoms with Crippen LogP contribution in [-0.2, 0) is 17.1 Å². The summed E-state index contributed by atoms with van der Waals surface area (Å²) in [5.41, 5.74) is 3.19. The molecule has 1 aliphatic heterocycles. The number of morpholine rings is 1. The quantitative estimate of drug-likeness (QED) is 0.347. The molecule has 1 aromatic carbocycles. The number of hydrogen-bond acceptors (Lipinski definition) is 7. The highest BCUT2D eigenvalue weighted by Gasteiger charge is 2.41. The van der Waals surface area contributed by atoms with E-state index in [-0.39, 0.29) is 41.0 Å². The third-order valence-corrected chi connectivity index (χ3v) is 7.97. The maximum absolute atomic E-state index is 15.8. The van der Waals surface area contributed by atoms with Crippen molar-refractivity contribution in [2.24, 2.45) is 0 Å². The molecule has 0 N–H and O–H groups in total. The first-order valence-corrected chi connectivity index (χ1v) is 13.4. The molecule has 0 radical (unpaired) electrons. The zero-order valence-corrected chi connectivity index (χ0v) is 22.0. The number of halogens is 3. The minimum absolute atomic E-state index is 0.0289. The van der Waals surface area contributed by atoms with Gasteiger partial charge < -0.3 is 9.64 Å². The number of fused-ring (bicyclic) bond motifs is 2. The minimum Gasteiger partial charge on any atom is -0.367 e. The van der Waals surface area contributed by atoms with Crippen LogP contribution in [0, 0.1) is 19.7 Å². The standard InChI is InChI=1S/C28H28F3N7O/c1-14-11-37(13-22(39-14)17-10-32-38(12-17)18-4-5-18)27-35-24(25-26(36-27)34-16(3)15(2)33-25)20-6-7-21-19(23(20)29)8-9-28(21,30)31/h6-7,10,12,14,18,22H,4-5,8-9,11,13H2,1-3H3/t14-,22-/m0/s1. The predicted molar refractivity (Wildman–Crippen MR) is 138 cm³/mol. The van der Waals surface area contributed by atoms with Gasteiger partial charge in [-0.25, -0.2) is 28.1 Å². The summed E-state index contributed by atoms with van der Waals surface area (Å²) in [4.78, 5) is 20.8. The Hall–Kier alpha value is -3.60. The third-order valence-electron chi connectivity index (χ3n) is 7.97. The van der Waals surface area contributed by atoms with Crippen LogP contribution < -0.4 is 4.90 Å². The summed E-state index contributed by atoms with van der Waals surface area (Å²) in [6, 6.07) is 3.16. The van der Waals surface area contributed by atoms with E-state index in [1.807, 2.05) is 42.7 Å². The summed E-state index contributed by atoms with van der Waals surface area (Å²) in [6.07, 6.45) is 5.37. The highest BCUT2D eigenvalue weighted by molar-refractivity contribution is 5.88. The normalized spacial score (nSPS) is 22.5. The molecular weight excluding hydrogens is 507 g/mol. The number of rotatable bonds is 4. The van der Waals surface area contributed by atoms with Gasteiger partial charge in [0.25, 0.3) is 5.92 Å². The third kappa shape index (κ3) is 4.14. The van der Waals surface area contributed by atoms with Crippen LogP contribution in [0.15, 0.2) is 24.5 Å². The van der Waals surface area contributed by atoms with Crippen molar-refractivity contribution in [3.05, 3.63) is 58.4 Å². The largest absolute Gasteiger partial charge is 0.367 e. The Morgan fingerprint density at radius 2 is 1.82 bits per heavy atom. The summed E-state index contributed by atoms with van der Waals surface area (Å²) >= 11 is 0. The van der Waals surface area contributed by atoms with E-state index in [4.69, 9.17) is 14.7 Å². The fourth-order valence-corrected chi connectivity index (χ4v) is 5.59. The lowest BCUT2D eigenvalue weighted by Gasteiger charge is -2.36. The van der Waals surface area contributed by atoms with Gasteiger partial charge >= 0.3 is 0 Å². The number of alkyl halides is 2. The van der Waals surface area contributed by atoms with E-state index in [1.165, 1.54) is 12.1 Å². The Balaban J connectivity index is 1.33. The lowest BCUT2D eigenvalue weighted by molar-refractivity contribution is -0.0178. The monoisotopic (exact) mass is 535 g/mol. The molecule has 0 unspecified atom stereocenters. The van der Waals surface area contributed by atoms with Gasteiger partial charge in [0.2, 0.25) is 5.95 Å². The van der Waals surface area contributed by atoms with Crippen molar-refractivity contribution in [2.75, 3.05) is 18.0 Å². The molecule has 8 nitrogen and oxygen atoms in total. The minimum atomic E-state index is -3.03. The summed E-state index contributed by atoms with van der Waals surface area (Å²) in [5.74, 6) is -3.35. The van der Waals surface area contributed by atoms with Crippen LogP contribution in [0.3, 0.4) is 0 Å². The van der Waals surface area contributed by atoms with Crippen LogP contribution in [0.4, 0.5) is 19.1 Å². The Bertz CT molecular complexity index is 1620. The smallest absolute Gasteiger partial charge is 0.273 e. The van der Waals surface area contributed by atoms with Gasteiger partial charge in [0, 0.05) is 35.9 Å². The number of ether oxygens (including phenoxy) is 1. The summed E-state index contributed by atoms with van der Waals surface area (Å²) in [5, 5.41) is 4.51. The average molecular weight is 536 g/mol. The van der Waals surface area contributed by atoms with E-state index in [0.717, 1.165) is 18.4 Å². The molecule has 1 saturated carbocycles. The van der Waals surface area contributed by atoms with Crippen molar-refractivity contribution in [3.8, 4) is 11.3 Å². The Morgan fingerprint density at radius 3 is 2.62 bits per heavy atom. The van der Waals surface area contributed by atoms with Crippen molar-refractivity contribution >= 4 is 17.1 Å². The van der Waals surface area contributed by atoms with Crippen LogP contribution in [0.1, 0.15) is 66.4 Å². The van der Waals surface area contributed by atoms with Crippen LogP contribution in [0.2, 0.25) is 0 Å². The zero-order chi connectivity index (χ0) is 27.1. The van der Waals surface area contributed by atoms with Crippen LogP contribution in [0.25, 0.3) is 22.4 Å². The summed E-state index contributed by atoms with van der Waals surface area (Å²) in [7, 11) is 0. The molecular formula is C28H28F3N7O. The second-order valence-corrected chi connectivity index (χ2v) is 10.9. The van der Waals surface area contributed by atoms with Crippen molar-refractivity contribution in [3.63, 3.8) is 0 Å². The van der Waals surface area contributed by atoms with Crippen molar-refractivity contribution in [1.29, 1.82) is 0 Å². The lowest BCUT2D eigenvalue weighted by Crippen LogP contribution is -2.43. The molecule has 4 aromatic rings. The summed E-state index contributed by atoms with van der Waals surface area (Å²) < 4.78 is 52.7. The number of aryl methyl sites for hydroxylation is 2. The maximum Gasteiger partial charge on any atom is 0.273 e. The second kappa shape index (κ2) is 8.70. The fraction of sp³-hybridized carbons (Fsp3) is 0.464. The van der Waals surface area contributed by atoms with Crippen LogP contribution in [0.5, 0.6) is 0 Å². The van der Waals surface area contributed by atoms with Gasteiger partial charge in [-0.1, -0.05) is 6.07 Å². The van der Waals surface area contributed by atoms with Crippen molar-refractivity contribution in [2.45, 2.75) is 70.6 Å². The Morgan fingerprint density at radius 1 is 1.03 bits per heavy atom. The number of benzene rings is 1. The van der Waals surface area contributed by atoms with E-state index in [1.54, 1.807) is 0 Å². The molecule has 4 heterocycles. The van der Waals surface area contributed by atoms with E-state index >= 15 is 4.39 Å². The first-order chi connectivity index (χ1) is 18.7.